The minimum Gasteiger partial charge on any atom is -0.462 e. The number of ether oxygens (including phenoxy) is 1. The number of hydrogen-bond donors (Lipinski definition) is 0. The predicted octanol–water partition coefficient (Wildman–Crippen LogP) is 9.99. The number of allylic oxidation sites excluding steroid dienone is 1. The van der Waals surface area contributed by atoms with E-state index in [1.807, 2.05) is 30.3 Å². The van der Waals surface area contributed by atoms with Crippen molar-refractivity contribution in [2.45, 2.75) is 138 Å². The Labute approximate surface area is 305 Å². The fourth-order valence-corrected chi connectivity index (χ4v) is 14.5. The molecule has 2 heterocycles. The fraction of sp³-hybridized carbons (Fsp3) is 0.727. The molecule has 1 aromatic heterocycles. The van der Waals surface area contributed by atoms with E-state index in [0.717, 1.165) is 63.5 Å². The van der Waals surface area contributed by atoms with Crippen molar-refractivity contribution < 1.29 is 18.8 Å². The van der Waals surface area contributed by atoms with E-state index in [1.54, 1.807) is 6.92 Å². The lowest BCUT2D eigenvalue weighted by Gasteiger charge is -2.73. The maximum atomic E-state index is 15.4. The quantitative estimate of drug-likeness (QED) is 0.229. The Hall–Kier alpha value is -2.96. The summed E-state index contributed by atoms with van der Waals surface area (Å²) in [5, 5.41) is 4.35. The van der Waals surface area contributed by atoms with Crippen LogP contribution in [-0.2, 0) is 14.3 Å². The van der Waals surface area contributed by atoms with Crippen molar-refractivity contribution in [1.82, 2.24) is 15.0 Å². The third-order valence-electron chi connectivity index (χ3n) is 17.0. The molecular formula is C44H61N3O4. The molecule has 7 heteroatoms. The Bertz CT molecular complexity index is 1700. The van der Waals surface area contributed by atoms with Crippen LogP contribution in [0.4, 0.5) is 0 Å². The van der Waals surface area contributed by atoms with Crippen LogP contribution in [0.1, 0.15) is 137 Å². The van der Waals surface area contributed by atoms with Crippen LogP contribution in [0.25, 0.3) is 11.4 Å². The third-order valence-corrected chi connectivity index (χ3v) is 17.0. The van der Waals surface area contributed by atoms with E-state index in [0.29, 0.717) is 47.2 Å². The molecule has 11 atom stereocenters. The van der Waals surface area contributed by atoms with Crippen LogP contribution in [0.2, 0.25) is 0 Å². The average molecular weight is 696 g/mol. The van der Waals surface area contributed by atoms with Crippen molar-refractivity contribution in [3.63, 3.8) is 0 Å². The first-order chi connectivity index (χ1) is 24.2. The molecule has 1 saturated heterocycles. The highest BCUT2D eigenvalue weighted by atomic mass is 16.5. The van der Waals surface area contributed by atoms with Crippen molar-refractivity contribution in [1.29, 1.82) is 0 Å². The molecule has 1 aromatic carbocycles. The number of amides is 1. The molecule has 1 aliphatic heterocycles. The molecule has 2 aromatic rings. The Morgan fingerprint density at radius 3 is 2.35 bits per heavy atom. The first kappa shape index (κ1) is 35.1. The van der Waals surface area contributed by atoms with Gasteiger partial charge in [0.2, 0.25) is 17.6 Å². The fourth-order valence-electron chi connectivity index (χ4n) is 14.5. The smallest absolute Gasteiger partial charge is 0.302 e. The van der Waals surface area contributed by atoms with Gasteiger partial charge < -0.3 is 14.2 Å². The van der Waals surface area contributed by atoms with Gasteiger partial charge in [-0.1, -0.05) is 82.3 Å². The van der Waals surface area contributed by atoms with E-state index in [-0.39, 0.29) is 45.2 Å². The summed E-state index contributed by atoms with van der Waals surface area (Å²) >= 11 is 0. The maximum Gasteiger partial charge on any atom is 0.302 e. The number of likely N-dealkylation sites (tertiary alicyclic amines) is 1. The van der Waals surface area contributed by atoms with Crippen LogP contribution in [0.5, 0.6) is 0 Å². The van der Waals surface area contributed by atoms with Crippen molar-refractivity contribution >= 4 is 11.9 Å². The molecule has 0 spiro atoms. The van der Waals surface area contributed by atoms with Crippen LogP contribution in [-0.4, -0.2) is 39.6 Å². The number of fused-ring (bicyclic) bond motifs is 7. The number of rotatable bonds is 5. The normalized spacial score (nSPS) is 42.6. The number of carbonyl (C=O) groups excluding carboxylic acids is 2. The first-order valence-electron chi connectivity index (χ1n) is 20.2. The summed E-state index contributed by atoms with van der Waals surface area (Å²) < 4.78 is 11.9. The van der Waals surface area contributed by atoms with Crippen molar-refractivity contribution in [2.75, 3.05) is 6.54 Å². The lowest BCUT2D eigenvalue weighted by atomic mass is 9.32. The number of carbonyl (C=O) groups is 2. The summed E-state index contributed by atoms with van der Waals surface area (Å²) in [6.07, 6.45) is 12.8. The lowest BCUT2D eigenvalue weighted by molar-refractivity contribution is -0.249. The van der Waals surface area contributed by atoms with Gasteiger partial charge in [0.25, 0.3) is 0 Å². The molecule has 5 saturated carbocycles. The van der Waals surface area contributed by atoms with Gasteiger partial charge in [0, 0.05) is 24.4 Å². The van der Waals surface area contributed by atoms with E-state index in [9.17, 15) is 4.79 Å². The van der Waals surface area contributed by atoms with Gasteiger partial charge in [0.1, 0.15) is 12.1 Å². The molecule has 0 N–H and O–H groups in total. The molecule has 6 fully saturated rings. The molecule has 0 radical (unpaired) electrons. The second-order valence-electron chi connectivity index (χ2n) is 19.3. The predicted molar refractivity (Wildman–Crippen MR) is 198 cm³/mol. The highest BCUT2D eigenvalue weighted by Crippen LogP contribution is 2.78. The molecule has 7 nitrogen and oxygen atoms in total. The van der Waals surface area contributed by atoms with E-state index in [2.05, 4.69) is 58.2 Å². The Balaban J connectivity index is 1.11. The zero-order chi connectivity index (χ0) is 36.1. The van der Waals surface area contributed by atoms with Gasteiger partial charge in [-0.2, -0.15) is 4.98 Å². The second-order valence-corrected chi connectivity index (χ2v) is 19.3. The van der Waals surface area contributed by atoms with Gasteiger partial charge in [0.05, 0.1) is 5.41 Å². The highest BCUT2D eigenvalue weighted by molar-refractivity contribution is 5.84. The SMILES string of the molecule is C=C(C)[C@@H]1CC[C@]2(C(=O)N3CCC[C@@H]3c3nc(-c4ccccc4)no3)CC[C@]3(C)[C@H](CCC4[C@@]5(C)CC[C@H](OC(C)=O)C(C)(C)C5CC[C@]43C)C12. The van der Waals surface area contributed by atoms with Crippen LogP contribution in [0.3, 0.4) is 0 Å². The summed E-state index contributed by atoms with van der Waals surface area (Å²) in [7, 11) is 0. The van der Waals surface area contributed by atoms with Gasteiger partial charge in [-0.15, -0.1) is 0 Å². The Kier molecular flexibility index (Phi) is 8.28. The number of benzene rings is 1. The zero-order valence-electron chi connectivity index (χ0n) is 32.3. The first-order valence-corrected chi connectivity index (χ1v) is 20.2. The molecule has 8 rings (SSSR count). The van der Waals surface area contributed by atoms with E-state index >= 15 is 4.79 Å². The summed E-state index contributed by atoms with van der Waals surface area (Å²) in [4.78, 5) is 34.5. The van der Waals surface area contributed by atoms with E-state index in [1.165, 1.54) is 31.3 Å². The van der Waals surface area contributed by atoms with E-state index < -0.39 is 0 Å². The molecule has 51 heavy (non-hydrogen) atoms. The van der Waals surface area contributed by atoms with Gasteiger partial charge >= 0.3 is 5.97 Å². The highest BCUT2D eigenvalue weighted by Gasteiger charge is 2.72. The summed E-state index contributed by atoms with van der Waals surface area (Å²) in [6.45, 7) is 21.8. The molecular weight excluding hydrogens is 635 g/mol. The molecule has 276 valence electrons. The van der Waals surface area contributed by atoms with Crippen molar-refractivity contribution in [3.8, 4) is 11.4 Å². The third kappa shape index (κ3) is 4.94. The maximum absolute atomic E-state index is 15.4. The topological polar surface area (TPSA) is 85.5 Å². The summed E-state index contributed by atoms with van der Waals surface area (Å²) in [5.74, 6) is 3.68. The number of nitrogens with zero attached hydrogens (tertiary/aromatic N) is 3. The van der Waals surface area contributed by atoms with Gasteiger partial charge in [-0.25, -0.2) is 0 Å². The van der Waals surface area contributed by atoms with Crippen LogP contribution >= 0.6 is 0 Å². The monoisotopic (exact) mass is 695 g/mol. The van der Waals surface area contributed by atoms with Crippen LogP contribution in [0, 0.1) is 56.7 Å². The number of aromatic nitrogens is 2. The van der Waals surface area contributed by atoms with Crippen LogP contribution in [0.15, 0.2) is 47.0 Å². The number of esters is 1. The summed E-state index contributed by atoms with van der Waals surface area (Å²) in [5.41, 5.74) is 2.32. The van der Waals surface area contributed by atoms with Gasteiger partial charge in [-0.05, 0) is 130 Å². The zero-order valence-corrected chi connectivity index (χ0v) is 32.3. The average Bonchev–Trinajstić information content (AvgIpc) is 3.85. The Morgan fingerprint density at radius 1 is 0.863 bits per heavy atom. The van der Waals surface area contributed by atoms with Crippen molar-refractivity contribution in [2.24, 2.45) is 56.7 Å². The minimum absolute atomic E-state index is 0.00743. The minimum atomic E-state index is -0.368. The molecule has 3 unspecified atom stereocenters. The number of hydrogen-bond acceptors (Lipinski definition) is 6. The lowest BCUT2D eigenvalue weighted by Crippen LogP contribution is -2.67. The molecule has 6 aliphatic rings. The molecule has 0 bridgehead atoms. The summed E-state index contributed by atoms with van der Waals surface area (Å²) in [6, 6.07) is 9.81. The molecule has 5 aliphatic carbocycles. The second kappa shape index (κ2) is 12.0. The standard InChI is InChI=1S/C44H61N3O4/c1-27(2)30-18-23-44(39(49)47-26-12-15-32(47)38-45-37(46-51-38)29-13-10-9-11-14-29)25-24-42(7)31(36(30)44)16-17-34-41(6)21-20-35(50-28(3)48)40(4,5)33(41)19-22-43(34,42)8/h9-11,13-14,30-36H,1,12,15-26H2,2-8H3/t30-,31+,32+,33?,34?,35-,36?,41-,42+,43+,44-/m0/s1. The molecule has 1 amide bonds. The van der Waals surface area contributed by atoms with Crippen molar-refractivity contribution in [3.05, 3.63) is 48.4 Å². The Morgan fingerprint density at radius 2 is 1.63 bits per heavy atom. The van der Waals surface area contributed by atoms with Gasteiger partial charge in [0.15, 0.2) is 0 Å². The van der Waals surface area contributed by atoms with Gasteiger partial charge in [-0.3, -0.25) is 9.59 Å². The largest absolute Gasteiger partial charge is 0.462 e. The van der Waals surface area contributed by atoms with Crippen LogP contribution < -0.4 is 0 Å². The van der Waals surface area contributed by atoms with E-state index in [4.69, 9.17) is 14.2 Å².